The van der Waals surface area contributed by atoms with Crippen molar-refractivity contribution in [1.29, 1.82) is 0 Å². The molecule has 0 bridgehead atoms. The van der Waals surface area contributed by atoms with Crippen molar-refractivity contribution >= 4 is 10.0 Å². The van der Waals surface area contributed by atoms with Crippen LogP contribution < -0.4 is 0 Å². The molecule has 0 amide bonds. The van der Waals surface area contributed by atoms with E-state index in [1.54, 1.807) is 0 Å². The molecule has 1 heterocycles. The van der Waals surface area contributed by atoms with Crippen molar-refractivity contribution in [3.8, 4) is 0 Å². The average molecular weight is 275 g/mol. The second-order valence-electron chi connectivity index (χ2n) is 6.06. The van der Waals surface area contributed by atoms with Crippen molar-refractivity contribution in [1.82, 2.24) is 4.31 Å². The second-order valence-corrected chi connectivity index (χ2v) is 8.07. The van der Waals surface area contributed by atoms with Gasteiger partial charge in [0.25, 0.3) is 0 Å². The highest BCUT2D eigenvalue weighted by atomic mass is 32.2. The molecule has 0 unspecified atom stereocenters. The lowest BCUT2D eigenvalue weighted by molar-refractivity contribution is 0.107. The summed E-state index contributed by atoms with van der Waals surface area (Å²) in [5, 5.41) is 9.58. The Morgan fingerprint density at radius 3 is 2.44 bits per heavy atom. The van der Waals surface area contributed by atoms with Gasteiger partial charge in [0.1, 0.15) is 0 Å². The standard InChI is InChI=1S/C13H25NO3S/c1-11-4-6-12(7-5-11)10-18(16,17)14-8-2-3-13(15)9-14/h11-13,15H,2-10H2,1H3/t11-,12-,13-/m1/s1. The topological polar surface area (TPSA) is 57.6 Å². The highest BCUT2D eigenvalue weighted by Gasteiger charge is 2.31. The molecule has 0 spiro atoms. The summed E-state index contributed by atoms with van der Waals surface area (Å²) in [4.78, 5) is 0. The van der Waals surface area contributed by atoms with E-state index in [0.29, 0.717) is 19.0 Å². The molecule has 2 aliphatic rings. The first-order chi connectivity index (χ1) is 8.47. The molecule has 1 saturated carbocycles. The number of aliphatic hydroxyl groups excluding tert-OH is 1. The van der Waals surface area contributed by atoms with Crippen LogP contribution in [-0.4, -0.2) is 42.8 Å². The van der Waals surface area contributed by atoms with Gasteiger partial charge in [-0.15, -0.1) is 0 Å². The summed E-state index contributed by atoms with van der Waals surface area (Å²) in [6.45, 7) is 3.12. The van der Waals surface area contributed by atoms with E-state index in [1.165, 1.54) is 4.31 Å². The van der Waals surface area contributed by atoms with Gasteiger partial charge in [-0.05, 0) is 37.5 Å². The van der Waals surface area contributed by atoms with Gasteiger partial charge in [-0.3, -0.25) is 0 Å². The first kappa shape index (κ1) is 14.3. The quantitative estimate of drug-likeness (QED) is 0.851. The van der Waals surface area contributed by atoms with Gasteiger partial charge in [0, 0.05) is 13.1 Å². The highest BCUT2D eigenvalue weighted by Crippen LogP contribution is 2.30. The number of piperidine rings is 1. The first-order valence-corrected chi connectivity index (χ1v) is 8.74. The van der Waals surface area contributed by atoms with E-state index in [9.17, 15) is 13.5 Å². The number of aliphatic hydroxyl groups is 1. The Labute approximate surface area is 110 Å². The summed E-state index contributed by atoms with van der Waals surface area (Å²) in [5.74, 6) is 1.36. The molecule has 0 aromatic heterocycles. The molecule has 0 aromatic rings. The zero-order valence-electron chi connectivity index (χ0n) is 11.2. The fourth-order valence-electron chi connectivity index (χ4n) is 3.07. The zero-order valence-corrected chi connectivity index (χ0v) is 12.0. The van der Waals surface area contributed by atoms with Crippen LogP contribution in [0.1, 0.15) is 45.4 Å². The predicted molar refractivity (Wildman–Crippen MR) is 71.7 cm³/mol. The van der Waals surface area contributed by atoms with Gasteiger partial charge in [-0.25, -0.2) is 8.42 Å². The van der Waals surface area contributed by atoms with Gasteiger partial charge in [-0.2, -0.15) is 4.31 Å². The van der Waals surface area contributed by atoms with Gasteiger partial charge < -0.3 is 5.11 Å². The molecule has 2 fully saturated rings. The Morgan fingerprint density at radius 1 is 1.17 bits per heavy atom. The van der Waals surface area contributed by atoms with E-state index in [0.717, 1.165) is 44.4 Å². The van der Waals surface area contributed by atoms with Crippen LogP contribution in [0.3, 0.4) is 0 Å². The highest BCUT2D eigenvalue weighted by molar-refractivity contribution is 7.89. The summed E-state index contributed by atoms with van der Waals surface area (Å²) in [7, 11) is -3.16. The maximum atomic E-state index is 12.3. The maximum Gasteiger partial charge on any atom is 0.214 e. The fraction of sp³-hybridized carbons (Fsp3) is 1.00. The Kier molecular flexibility index (Phi) is 4.67. The molecule has 1 atom stereocenters. The third-order valence-corrected chi connectivity index (χ3v) is 6.35. The zero-order chi connectivity index (χ0) is 13.2. The van der Waals surface area contributed by atoms with Crippen molar-refractivity contribution in [2.45, 2.75) is 51.6 Å². The van der Waals surface area contributed by atoms with E-state index in [2.05, 4.69) is 6.92 Å². The first-order valence-electron chi connectivity index (χ1n) is 7.13. The minimum absolute atomic E-state index is 0.284. The molecule has 18 heavy (non-hydrogen) atoms. The molecule has 106 valence electrons. The largest absolute Gasteiger partial charge is 0.392 e. The minimum Gasteiger partial charge on any atom is -0.392 e. The summed E-state index contributed by atoms with van der Waals surface area (Å²) >= 11 is 0. The van der Waals surface area contributed by atoms with Crippen LogP contribution in [-0.2, 0) is 10.0 Å². The molecule has 1 N–H and O–H groups in total. The molecule has 1 saturated heterocycles. The van der Waals surface area contributed by atoms with Crippen LogP contribution in [0.25, 0.3) is 0 Å². The van der Waals surface area contributed by atoms with E-state index >= 15 is 0 Å². The summed E-state index contributed by atoms with van der Waals surface area (Å²) < 4.78 is 26.1. The molecule has 2 rings (SSSR count). The van der Waals surface area contributed by atoms with Crippen LogP contribution in [0.2, 0.25) is 0 Å². The molecule has 0 radical (unpaired) electrons. The van der Waals surface area contributed by atoms with Crippen LogP contribution >= 0.6 is 0 Å². The third-order valence-electron chi connectivity index (χ3n) is 4.33. The Morgan fingerprint density at radius 2 is 1.83 bits per heavy atom. The third kappa shape index (κ3) is 3.68. The number of β-amino-alcohol motifs (C(OH)–C–C–N with tert-alkyl or cyclic N) is 1. The SMILES string of the molecule is C[C@H]1CC[C@H](CS(=O)(=O)N2CCC[C@@H](O)C2)CC1. The van der Waals surface area contributed by atoms with Gasteiger partial charge in [0.05, 0.1) is 11.9 Å². The van der Waals surface area contributed by atoms with Crippen LogP contribution in [0.5, 0.6) is 0 Å². The van der Waals surface area contributed by atoms with E-state index < -0.39 is 16.1 Å². The lowest BCUT2D eigenvalue weighted by Crippen LogP contribution is -2.44. The number of nitrogens with zero attached hydrogens (tertiary/aromatic N) is 1. The molecular weight excluding hydrogens is 250 g/mol. The van der Waals surface area contributed by atoms with Gasteiger partial charge >= 0.3 is 0 Å². The average Bonchev–Trinajstić information content (AvgIpc) is 2.32. The summed E-state index contributed by atoms with van der Waals surface area (Å²) in [6, 6.07) is 0. The maximum absolute atomic E-state index is 12.3. The van der Waals surface area contributed by atoms with E-state index in [-0.39, 0.29) is 5.75 Å². The number of hydrogen-bond donors (Lipinski definition) is 1. The Hall–Kier alpha value is -0.130. The summed E-state index contributed by atoms with van der Waals surface area (Å²) in [5.41, 5.74) is 0. The van der Waals surface area contributed by atoms with Crippen molar-refractivity contribution in [2.24, 2.45) is 11.8 Å². The second kappa shape index (κ2) is 5.88. The van der Waals surface area contributed by atoms with E-state index in [4.69, 9.17) is 0 Å². The van der Waals surface area contributed by atoms with Crippen molar-refractivity contribution < 1.29 is 13.5 Å². The number of rotatable bonds is 3. The Balaban J connectivity index is 1.90. The van der Waals surface area contributed by atoms with Gasteiger partial charge in [0.15, 0.2) is 0 Å². The van der Waals surface area contributed by atoms with Crippen LogP contribution in [0.4, 0.5) is 0 Å². The minimum atomic E-state index is -3.16. The fourth-order valence-corrected chi connectivity index (χ4v) is 5.02. The lowest BCUT2D eigenvalue weighted by atomic mass is 9.84. The van der Waals surface area contributed by atoms with Crippen molar-refractivity contribution in [3.63, 3.8) is 0 Å². The monoisotopic (exact) mass is 275 g/mol. The van der Waals surface area contributed by atoms with Crippen molar-refractivity contribution in [2.75, 3.05) is 18.8 Å². The normalized spacial score (nSPS) is 35.6. The predicted octanol–water partition coefficient (Wildman–Crippen LogP) is 1.60. The molecule has 1 aliphatic heterocycles. The molecule has 0 aromatic carbocycles. The van der Waals surface area contributed by atoms with E-state index in [1.807, 2.05) is 0 Å². The molecule has 1 aliphatic carbocycles. The molecular formula is C13H25NO3S. The van der Waals surface area contributed by atoms with Gasteiger partial charge in [-0.1, -0.05) is 19.8 Å². The van der Waals surface area contributed by atoms with Crippen LogP contribution in [0, 0.1) is 11.8 Å². The van der Waals surface area contributed by atoms with Crippen molar-refractivity contribution in [3.05, 3.63) is 0 Å². The smallest absolute Gasteiger partial charge is 0.214 e. The summed E-state index contributed by atoms with van der Waals surface area (Å²) in [6.07, 6.45) is 5.42. The van der Waals surface area contributed by atoms with Gasteiger partial charge in [0.2, 0.25) is 10.0 Å². The van der Waals surface area contributed by atoms with Crippen LogP contribution in [0.15, 0.2) is 0 Å². The lowest BCUT2D eigenvalue weighted by Gasteiger charge is -2.32. The number of sulfonamides is 1. The number of hydrogen-bond acceptors (Lipinski definition) is 3. The molecule has 5 heteroatoms. The molecule has 4 nitrogen and oxygen atoms in total. The Bertz CT molecular complexity index is 360.